The molecule has 1 atom stereocenters. The summed E-state index contributed by atoms with van der Waals surface area (Å²) in [5.74, 6) is 0.906. The first-order valence-corrected chi connectivity index (χ1v) is 9.50. The normalized spacial score (nSPS) is 22.0. The van der Waals surface area contributed by atoms with Crippen LogP contribution in [0.2, 0.25) is 0 Å². The molecule has 1 unspecified atom stereocenters. The van der Waals surface area contributed by atoms with Crippen LogP contribution in [0.3, 0.4) is 0 Å². The molecule has 114 valence electrons. The lowest BCUT2D eigenvalue weighted by atomic mass is 10.3. The minimum absolute atomic E-state index is 0.443. The van der Waals surface area contributed by atoms with Crippen LogP contribution in [0, 0.1) is 0 Å². The number of hydrogen-bond donors (Lipinski definition) is 1. The summed E-state index contributed by atoms with van der Waals surface area (Å²) < 4.78 is 28.0. The Labute approximate surface area is 122 Å². The predicted molar refractivity (Wildman–Crippen MR) is 82.8 cm³/mol. The van der Waals surface area contributed by atoms with Crippen molar-refractivity contribution in [1.82, 2.24) is 13.9 Å². The van der Waals surface area contributed by atoms with Crippen LogP contribution in [0.25, 0.3) is 0 Å². The Morgan fingerprint density at radius 1 is 1.42 bits per heavy atom. The molecular weight excluding hydrogens is 282 g/mol. The molecule has 19 heavy (non-hydrogen) atoms. The summed E-state index contributed by atoms with van der Waals surface area (Å²) in [5.41, 5.74) is 0. The Balaban J connectivity index is 2.48. The fourth-order valence-corrected chi connectivity index (χ4v) is 4.90. The third kappa shape index (κ3) is 5.23. The summed E-state index contributed by atoms with van der Waals surface area (Å²) in [6.07, 6.45) is 1.88. The third-order valence-electron chi connectivity index (χ3n) is 3.35. The zero-order valence-corrected chi connectivity index (χ0v) is 13.9. The molecule has 1 fully saturated rings. The maximum Gasteiger partial charge on any atom is 0.281 e. The van der Waals surface area contributed by atoms with Gasteiger partial charge in [0.2, 0.25) is 0 Å². The van der Waals surface area contributed by atoms with Crippen molar-refractivity contribution in [3.8, 4) is 0 Å². The lowest BCUT2D eigenvalue weighted by Gasteiger charge is -2.33. The van der Waals surface area contributed by atoms with Gasteiger partial charge in [-0.1, -0.05) is 13.8 Å². The second-order valence-corrected chi connectivity index (χ2v) is 8.24. The van der Waals surface area contributed by atoms with Crippen molar-refractivity contribution in [1.29, 1.82) is 0 Å². The Kier molecular flexibility index (Phi) is 7.68. The summed E-state index contributed by atoms with van der Waals surface area (Å²) in [6, 6.07) is 0. The molecule has 0 aromatic rings. The topological polar surface area (TPSA) is 52.7 Å². The standard InChI is InChI=1S/C12H27N3O2S2/c1-4-12-11-15(9-10-18-12)19(16,17)14(3)8-6-7-13-5-2/h12-13H,4-11H2,1-3H3. The van der Waals surface area contributed by atoms with Crippen LogP contribution in [0.4, 0.5) is 0 Å². The molecule has 0 aliphatic carbocycles. The Morgan fingerprint density at radius 3 is 2.79 bits per heavy atom. The Morgan fingerprint density at radius 2 is 2.16 bits per heavy atom. The van der Waals surface area contributed by atoms with Crippen molar-refractivity contribution in [3.63, 3.8) is 0 Å². The molecule has 0 aromatic heterocycles. The maximum atomic E-state index is 12.4. The van der Waals surface area contributed by atoms with Crippen LogP contribution in [0.5, 0.6) is 0 Å². The smallest absolute Gasteiger partial charge is 0.281 e. The first-order valence-electron chi connectivity index (χ1n) is 7.06. The van der Waals surface area contributed by atoms with Crippen molar-refractivity contribution in [2.75, 3.05) is 45.5 Å². The quantitative estimate of drug-likeness (QED) is 0.680. The second kappa shape index (κ2) is 8.46. The van der Waals surface area contributed by atoms with E-state index < -0.39 is 10.2 Å². The lowest BCUT2D eigenvalue weighted by Crippen LogP contribution is -2.48. The Hall–Kier alpha value is 0.180. The number of nitrogens with one attached hydrogen (secondary N) is 1. The molecule has 5 nitrogen and oxygen atoms in total. The fourth-order valence-electron chi connectivity index (χ4n) is 2.06. The predicted octanol–water partition coefficient (Wildman–Crippen LogP) is 0.990. The van der Waals surface area contributed by atoms with Gasteiger partial charge in [0.1, 0.15) is 0 Å². The minimum Gasteiger partial charge on any atom is -0.317 e. The van der Waals surface area contributed by atoms with Crippen molar-refractivity contribution < 1.29 is 8.42 Å². The van der Waals surface area contributed by atoms with Crippen molar-refractivity contribution in [2.24, 2.45) is 0 Å². The van der Waals surface area contributed by atoms with Gasteiger partial charge in [-0.2, -0.15) is 28.8 Å². The zero-order valence-electron chi connectivity index (χ0n) is 12.3. The molecule has 1 aliphatic rings. The van der Waals surface area contributed by atoms with Gasteiger partial charge in [0.25, 0.3) is 10.2 Å². The molecular formula is C12H27N3O2S2. The maximum absolute atomic E-state index is 12.4. The van der Waals surface area contributed by atoms with Gasteiger partial charge in [0, 0.05) is 37.7 Å². The molecule has 1 saturated heterocycles. The largest absolute Gasteiger partial charge is 0.317 e. The van der Waals surface area contributed by atoms with Gasteiger partial charge in [-0.25, -0.2) is 0 Å². The van der Waals surface area contributed by atoms with E-state index in [-0.39, 0.29) is 0 Å². The van der Waals surface area contributed by atoms with Gasteiger partial charge in [0.05, 0.1) is 0 Å². The average molecular weight is 310 g/mol. The molecule has 1 rings (SSSR count). The van der Waals surface area contributed by atoms with Crippen LogP contribution in [0.15, 0.2) is 0 Å². The van der Waals surface area contributed by atoms with E-state index in [0.717, 1.165) is 31.7 Å². The summed E-state index contributed by atoms with van der Waals surface area (Å²) in [5, 5.41) is 3.66. The summed E-state index contributed by atoms with van der Waals surface area (Å²) in [6.45, 7) is 7.84. The second-order valence-electron chi connectivity index (χ2n) is 4.80. The van der Waals surface area contributed by atoms with Crippen LogP contribution in [-0.4, -0.2) is 67.8 Å². The average Bonchev–Trinajstić information content (AvgIpc) is 2.43. The van der Waals surface area contributed by atoms with Gasteiger partial charge >= 0.3 is 0 Å². The zero-order chi connectivity index (χ0) is 14.3. The van der Waals surface area contributed by atoms with E-state index in [0.29, 0.717) is 24.9 Å². The van der Waals surface area contributed by atoms with Gasteiger partial charge < -0.3 is 5.32 Å². The SMILES string of the molecule is CCNCCCN(C)S(=O)(=O)N1CCSC(CC)C1. The van der Waals surface area contributed by atoms with Crippen LogP contribution >= 0.6 is 11.8 Å². The van der Waals surface area contributed by atoms with Crippen molar-refractivity contribution >= 4 is 22.0 Å². The highest BCUT2D eigenvalue weighted by Crippen LogP contribution is 2.23. The minimum atomic E-state index is -3.27. The van der Waals surface area contributed by atoms with E-state index in [4.69, 9.17) is 0 Å². The van der Waals surface area contributed by atoms with E-state index in [1.54, 1.807) is 11.4 Å². The Bertz CT molecular complexity index is 349. The summed E-state index contributed by atoms with van der Waals surface area (Å²) in [7, 11) is -1.58. The van der Waals surface area contributed by atoms with Crippen molar-refractivity contribution in [3.05, 3.63) is 0 Å². The monoisotopic (exact) mass is 309 g/mol. The number of rotatable bonds is 8. The van der Waals surface area contributed by atoms with E-state index >= 15 is 0 Å². The van der Waals surface area contributed by atoms with Crippen molar-refractivity contribution in [2.45, 2.75) is 31.9 Å². The first-order chi connectivity index (χ1) is 9.02. The molecule has 0 radical (unpaired) electrons. The van der Waals surface area contributed by atoms with Crippen LogP contribution in [-0.2, 0) is 10.2 Å². The van der Waals surface area contributed by atoms with E-state index in [1.807, 2.05) is 11.8 Å². The number of thioether (sulfide) groups is 1. The highest BCUT2D eigenvalue weighted by Gasteiger charge is 2.31. The fraction of sp³-hybridized carbons (Fsp3) is 1.00. The van der Waals surface area contributed by atoms with Gasteiger partial charge in [-0.3, -0.25) is 0 Å². The van der Waals surface area contributed by atoms with Crippen LogP contribution < -0.4 is 5.32 Å². The molecule has 0 aromatic carbocycles. The lowest BCUT2D eigenvalue weighted by molar-refractivity contribution is 0.359. The highest BCUT2D eigenvalue weighted by atomic mass is 32.2. The van der Waals surface area contributed by atoms with E-state index in [2.05, 4.69) is 19.2 Å². The molecule has 7 heteroatoms. The molecule has 0 amide bonds. The molecule has 1 heterocycles. The molecule has 0 saturated carbocycles. The van der Waals surface area contributed by atoms with Gasteiger partial charge in [0.15, 0.2) is 0 Å². The van der Waals surface area contributed by atoms with E-state index in [9.17, 15) is 8.42 Å². The first kappa shape index (κ1) is 17.2. The molecule has 0 spiro atoms. The molecule has 1 aliphatic heterocycles. The number of nitrogens with zero attached hydrogens (tertiary/aromatic N) is 2. The third-order valence-corrected chi connectivity index (χ3v) is 6.68. The molecule has 1 N–H and O–H groups in total. The highest BCUT2D eigenvalue weighted by molar-refractivity contribution is 8.00. The summed E-state index contributed by atoms with van der Waals surface area (Å²) >= 11 is 1.88. The van der Waals surface area contributed by atoms with Gasteiger partial charge in [-0.05, 0) is 25.9 Å². The van der Waals surface area contributed by atoms with E-state index in [1.165, 1.54) is 4.31 Å². The molecule has 0 bridgehead atoms. The van der Waals surface area contributed by atoms with Gasteiger partial charge in [-0.15, -0.1) is 0 Å². The van der Waals surface area contributed by atoms with Crippen LogP contribution in [0.1, 0.15) is 26.7 Å². The number of hydrogen-bond acceptors (Lipinski definition) is 4. The summed E-state index contributed by atoms with van der Waals surface area (Å²) in [4.78, 5) is 0.